The largest absolute Gasteiger partial charge is 0.345 e. The Morgan fingerprint density at radius 3 is 2.55 bits per heavy atom. The lowest BCUT2D eigenvalue weighted by molar-refractivity contribution is 0.0931. The molecule has 0 unspecified atom stereocenters. The number of benzene rings is 2. The summed E-state index contributed by atoms with van der Waals surface area (Å²) in [6.45, 7) is 3.25. The summed E-state index contributed by atoms with van der Waals surface area (Å²) in [6.07, 6.45) is 2.65. The first kappa shape index (κ1) is 21.8. The number of likely N-dealkylation sites (N-methyl/N-ethyl adjacent to an activating group) is 1. The lowest BCUT2D eigenvalue weighted by Crippen LogP contribution is -2.35. The SMILES string of the molecule is Cc1c(C(=O)N[C@H](c2cccc(F)c2)C2CC2)c2cccc(F)c2c(=O)n1[C@@H]1CCN(C)C1. The van der Waals surface area contributed by atoms with E-state index in [-0.39, 0.29) is 35.1 Å². The second kappa shape index (κ2) is 8.37. The molecule has 2 aromatic carbocycles. The normalized spacial score (nSPS) is 19.7. The summed E-state index contributed by atoms with van der Waals surface area (Å²) in [4.78, 5) is 29.2. The van der Waals surface area contributed by atoms with Gasteiger partial charge in [0, 0.05) is 17.6 Å². The van der Waals surface area contributed by atoms with Crippen LogP contribution >= 0.6 is 0 Å². The van der Waals surface area contributed by atoms with Gasteiger partial charge in [-0.25, -0.2) is 8.78 Å². The molecular formula is C26H27F2N3O2. The topological polar surface area (TPSA) is 54.3 Å². The predicted molar refractivity (Wildman–Crippen MR) is 123 cm³/mol. The minimum absolute atomic E-state index is 0.0588. The highest BCUT2D eigenvalue weighted by Crippen LogP contribution is 2.41. The molecule has 5 nitrogen and oxygen atoms in total. The van der Waals surface area contributed by atoms with Gasteiger partial charge in [-0.05, 0) is 69.5 Å². The summed E-state index contributed by atoms with van der Waals surface area (Å²) in [7, 11) is 1.98. The van der Waals surface area contributed by atoms with Crippen molar-refractivity contribution in [1.29, 1.82) is 0 Å². The van der Waals surface area contributed by atoms with Gasteiger partial charge in [0.25, 0.3) is 11.5 Å². The minimum atomic E-state index is -0.629. The predicted octanol–water partition coefficient (Wildman–Crippen LogP) is 4.35. The van der Waals surface area contributed by atoms with Gasteiger partial charge in [0.05, 0.1) is 23.0 Å². The Balaban J connectivity index is 1.63. The van der Waals surface area contributed by atoms with Crippen LogP contribution in [-0.4, -0.2) is 35.5 Å². The van der Waals surface area contributed by atoms with E-state index in [1.165, 1.54) is 24.3 Å². The molecule has 1 saturated heterocycles. The van der Waals surface area contributed by atoms with Crippen LogP contribution in [0.4, 0.5) is 8.78 Å². The van der Waals surface area contributed by atoms with Gasteiger partial charge in [0.2, 0.25) is 0 Å². The highest BCUT2D eigenvalue weighted by molar-refractivity contribution is 6.08. The molecule has 1 N–H and O–H groups in total. The molecule has 0 bridgehead atoms. The van der Waals surface area contributed by atoms with Crippen LogP contribution in [0.2, 0.25) is 0 Å². The molecule has 1 aromatic heterocycles. The fourth-order valence-corrected chi connectivity index (χ4v) is 5.20. The summed E-state index contributed by atoms with van der Waals surface area (Å²) < 4.78 is 30.4. The number of hydrogen-bond acceptors (Lipinski definition) is 3. The van der Waals surface area contributed by atoms with Crippen molar-refractivity contribution in [1.82, 2.24) is 14.8 Å². The van der Waals surface area contributed by atoms with Crippen LogP contribution in [0.5, 0.6) is 0 Å². The third kappa shape index (κ3) is 3.95. The minimum Gasteiger partial charge on any atom is -0.345 e. The number of carbonyl (C=O) groups is 1. The van der Waals surface area contributed by atoms with E-state index in [9.17, 15) is 18.4 Å². The number of carbonyl (C=O) groups excluding carboxylic acids is 1. The number of fused-ring (bicyclic) bond motifs is 1. The number of rotatable bonds is 5. The second-order valence-corrected chi connectivity index (χ2v) is 9.35. The summed E-state index contributed by atoms with van der Waals surface area (Å²) >= 11 is 0. The van der Waals surface area contributed by atoms with Gasteiger partial charge in [-0.2, -0.15) is 0 Å². The third-order valence-electron chi connectivity index (χ3n) is 6.99. The van der Waals surface area contributed by atoms with Crippen LogP contribution in [-0.2, 0) is 0 Å². The molecular weight excluding hydrogens is 424 g/mol. The van der Waals surface area contributed by atoms with E-state index in [1.807, 2.05) is 13.1 Å². The second-order valence-electron chi connectivity index (χ2n) is 9.35. The number of amides is 1. The molecule has 7 heteroatoms. The van der Waals surface area contributed by atoms with Gasteiger partial charge < -0.3 is 14.8 Å². The average molecular weight is 452 g/mol. The standard InChI is InChI=1S/C26H27F2N3O2/c1-15-22(25(32)29-24(16-9-10-16)17-5-3-6-18(27)13-17)20-7-4-8-21(28)23(20)26(33)31(15)19-11-12-30(2)14-19/h3-8,13,16,19,24H,9-12,14H2,1-2H3,(H,29,32)/t19-,24+/m1/s1. The van der Waals surface area contributed by atoms with Gasteiger partial charge in [0.1, 0.15) is 11.6 Å². The zero-order chi connectivity index (χ0) is 23.3. The Hall–Kier alpha value is -3.06. The van der Waals surface area contributed by atoms with Crippen molar-refractivity contribution in [2.24, 2.45) is 5.92 Å². The highest BCUT2D eigenvalue weighted by Gasteiger charge is 2.35. The molecule has 2 atom stereocenters. The van der Waals surface area contributed by atoms with Gasteiger partial charge in [0.15, 0.2) is 0 Å². The summed E-state index contributed by atoms with van der Waals surface area (Å²) in [5.74, 6) is -1.12. The molecule has 2 fully saturated rings. The monoisotopic (exact) mass is 451 g/mol. The van der Waals surface area contributed by atoms with E-state index in [0.717, 1.165) is 25.8 Å². The molecule has 0 radical (unpaired) electrons. The molecule has 0 spiro atoms. The Bertz CT molecular complexity index is 1300. The van der Waals surface area contributed by atoms with Gasteiger partial charge in [-0.3, -0.25) is 9.59 Å². The van der Waals surface area contributed by atoms with Crippen LogP contribution in [0.25, 0.3) is 10.8 Å². The third-order valence-corrected chi connectivity index (χ3v) is 6.99. The van der Waals surface area contributed by atoms with E-state index < -0.39 is 11.4 Å². The van der Waals surface area contributed by atoms with E-state index >= 15 is 0 Å². The molecule has 3 aromatic rings. The zero-order valence-electron chi connectivity index (χ0n) is 18.8. The number of hydrogen-bond donors (Lipinski definition) is 1. The Labute approximate surface area is 191 Å². The fraction of sp³-hybridized carbons (Fsp3) is 0.385. The fourth-order valence-electron chi connectivity index (χ4n) is 5.20. The lowest BCUT2D eigenvalue weighted by Gasteiger charge is -2.24. The van der Waals surface area contributed by atoms with E-state index in [0.29, 0.717) is 28.8 Å². The van der Waals surface area contributed by atoms with Gasteiger partial charge in [-0.15, -0.1) is 0 Å². The molecule has 1 saturated carbocycles. The van der Waals surface area contributed by atoms with Gasteiger partial charge >= 0.3 is 0 Å². The number of halogens is 2. The zero-order valence-corrected chi connectivity index (χ0v) is 18.8. The van der Waals surface area contributed by atoms with Crippen molar-refractivity contribution in [3.8, 4) is 0 Å². The Kier molecular flexibility index (Phi) is 5.52. The van der Waals surface area contributed by atoms with Crippen molar-refractivity contribution in [3.63, 3.8) is 0 Å². The average Bonchev–Trinajstić information content (AvgIpc) is 3.52. The Morgan fingerprint density at radius 2 is 1.88 bits per heavy atom. The van der Waals surface area contributed by atoms with Crippen LogP contribution < -0.4 is 10.9 Å². The molecule has 5 rings (SSSR count). The van der Waals surface area contributed by atoms with Crippen LogP contribution in [0.3, 0.4) is 0 Å². The van der Waals surface area contributed by atoms with Crippen LogP contribution in [0, 0.1) is 24.5 Å². The maximum Gasteiger partial charge on any atom is 0.261 e. The van der Waals surface area contributed by atoms with Crippen molar-refractivity contribution < 1.29 is 13.6 Å². The number of aromatic nitrogens is 1. The summed E-state index contributed by atoms with van der Waals surface area (Å²) in [5.41, 5.74) is 1.15. The van der Waals surface area contributed by atoms with E-state index in [4.69, 9.17) is 0 Å². The van der Waals surface area contributed by atoms with Crippen molar-refractivity contribution >= 4 is 16.7 Å². The number of pyridine rings is 1. The quantitative estimate of drug-likeness (QED) is 0.628. The van der Waals surface area contributed by atoms with E-state index in [2.05, 4.69) is 10.2 Å². The molecule has 1 aliphatic heterocycles. The summed E-state index contributed by atoms with van der Waals surface area (Å²) in [5, 5.41) is 3.34. The van der Waals surface area contributed by atoms with Crippen molar-refractivity contribution in [2.75, 3.05) is 20.1 Å². The molecule has 1 aliphatic carbocycles. The first-order valence-corrected chi connectivity index (χ1v) is 11.4. The summed E-state index contributed by atoms with van der Waals surface area (Å²) in [6, 6.07) is 10.2. The molecule has 2 heterocycles. The number of likely N-dealkylation sites (tertiary alicyclic amines) is 1. The highest BCUT2D eigenvalue weighted by atomic mass is 19.1. The number of nitrogens with zero attached hydrogens (tertiary/aromatic N) is 2. The molecule has 33 heavy (non-hydrogen) atoms. The first-order chi connectivity index (χ1) is 15.8. The Morgan fingerprint density at radius 1 is 1.12 bits per heavy atom. The maximum atomic E-state index is 14.9. The van der Waals surface area contributed by atoms with Crippen LogP contribution in [0.1, 0.15) is 53.0 Å². The number of nitrogens with one attached hydrogen (secondary N) is 1. The van der Waals surface area contributed by atoms with E-state index in [1.54, 1.807) is 23.6 Å². The smallest absolute Gasteiger partial charge is 0.261 e. The maximum absolute atomic E-state index is 14.9. The molecule has 2 aliphatic rings. The lowest BCUT2D eigenvalue weighted by atomic mass is 9.98. The first-order valence-electron chi connectivity index (χ1n) is 11.4. The van der Waals surface area contributed by atoms with Crippen molar-refractivity contribution in [3.05, 3.63) is 81.3 Å². The van der Waals surface area contributed by atoms with Crippen molar-refractivity contribution in [2.45, 2.75) is 38.3 Å². The molecule has 1 amide bonds. The van der Waals surface area contributed by atoms with Gasteiger partial charge in [-0.1, -0.05) is 24.3 Å². The van der Waals surface area contributed by atoms with Crippen LogP contribution in [0.15, 0.2) is 47.3 Å². The molecule has 172 valence electrons.